The van der Waals surface area contributed by atoms with Crippen LogP contribution in [-0.2, 0) is 13.0 Å². The molecule has 3 aromatic rings. The van der Waals surface area contributed by atoms with Crippen LogP contribution in [0, 0.1) is 0 Å². The van der Waals surface area contributed by atoms with Gasteiger partial charge in [0.15, 0.2) is 5.75 Å². The number of aryl methyl sites for hydroxylation is 2. The zero-order valence-corrected chi connectivity index (χ0v) is 15.8. The van der Waals surface area contributed by atoms with Gasteiger partial charge in [-0.15, -0.1) is 11.3 Å². The van der Waals surface area contributed by atoms with Crippen molar-refractivity contribution >= 4 is 28.2 Å². The lowest BCUT2D eigenvalue weighted by molar-refractivity contribution is 0.196. The average Bonchev–Trinajstić information content (AvgIpc) is 3.29. The highest BCUT2D eigenvalue weighted by atomic mass is 32.1. The molecule has 7 nitrogen and oxygen atoms in total. The van der Waals surface area contributed by atoms with Gasteiger partial charge >= 0.3 is 6.09 Å². The summed E-state index contributed by atoms with van der Waals surface area (Å²) in [5.41, 5.74) is 0.978. The Morgan fingerprint density at radius 1 is 1.44 bits per heavy atom. The Balaban J connectivity index is 1.64. The van der Waals surface area contributed by atoms with Crippen molar-refractivity contribution < 1.29 is 14.3 Å². The molecule has 0 spiro atoms. The van der Waals surface area contributed by atoms with E-state index in [0.29, 0.717) is 28.9 Å². The third-order valence-corrected chi connectivity index (χ3v) is 5.77. The fourth-order valence-electron chi connectivity index (χ4n) is 3.38. The van der Waals surface area contributed by atoms with E-state index in [1.807, 2.05) is 18.4 Å². The van der Waals surface area contributed by atoms with Crippen molar-refractivity contribution in [2.75, 3.05) is 7.11 Å². The predicted octanol–water partition coefficient (Wildman–Crippen LogP) is 3.26. The molecule has 1 amide bonds. The maximum absolute atomic E-state index is 12.6. The molecule has 3 heterocycles. The molecule has 0 radical (unpaired) electrons. The fourth-order valence-corrected chi connectivity index (χ4v) is 4.34. The van der Waals surface area contributed by atoms with E-state index in [1.54, 1.807) is 23.6 Å². The second-order valence-corrected chi connectivity index (χ2v) is 7.28. The summed E-state index contributed by atoms with van der Waals surface area (Å²) >= 11 is 1.71. The van der Waals surface area contributed by atoms with Crippen molar-refractivity contribution in [3.63, 3.8) is 0 Å². The maximum atomic E-state index is 12.6. The van der Waals surface area contributed by atoms with Crippen LogP contribution in [0.5, 0.6) is 11.6 Å². The number of ether oxygens (including phenoxy) is 2. The summed E-state index contributed by atoms with van der Waals surface area (Å²) < 4.78 is 12.2. The molecule has 0 saturated carbocycles. The van der Waals surface area contributed by atoms with Gasteiger partial charge in [-0.1, -0.05) is 0 Å². The van der Waals surface area contributed by atoms with E-state index in [1.165, 1.54) is 22.8 Å². The molecule has 1 aliphatic rings. The third-order valence-electron chi connectivity index (χ3n) is 4.77. The van der Waals surface area contributed by atoms with E-state index in [4.69, 9.17) is 9.47 Å². The SMILES string of the molecule is CCn1cc(OC(=O)NC2CCc3sccc32)c2cnc(OC)cc2c1=O. The van der Waals surface area contributed by atoms with Gasteiger partial charge in [-0.25, -0.2) is 9.78 Å². The van der Waals surface area contributed by atoms with Crippen LogP contribution in [0.25, 0.3) is 10.8 Å². The number of amides is 1. The highest BCUT2D eigenvalue weighted by Crippen LogP contribution is 2.35. The maximum Gasteiger partial charge on any atom is 0.413 e. The molecule has 140 valence electrons. The van der Waals surface area contributed by atoms with Crippen molar-refractivity contribution in [3.05, 3.63) is 50.7 Å². The van der Waals surface area contributed by atoms with Gasteiger partial charge in [0.25, 0.3) is 5.56 Å². The minimum absolute atomic E-state index is 0.0414. The van der Waals surface area contributed by atoms with Crippen LogP contribution >= 0.6 is 11.3 Å². The summed E-state index contributed by atoms with van der Waals surface area (Å²) in [6.07, 6.45) is 4.32. The molecular formula is C19H19N3O4S. The van der Waals surface area contributed by atoms with Crippen LogP contribution < -0.4 is 20.3 Å². The second kappa shape index (κ2) is 7.03. The number of carbonyl (C=O) groups excluding carboxylic acids is 1. The number of pyridine rings is 2. The van der Waals surface area contributed by atoms with E-state index in [0.717, 1.165) is 18.4 Å². The Bertz CT molecular complexity index is 1070. The van der Waals surface area contributed by atoms with Gasteiger partial charge in [0.05, 0.1) is 30.1 Å². The Labute approximate surface area is 159 Å². The monoisotopic (exact) mass is 385 g/mol. The number of aromatic nitrogens is 2. The number of carbonyl (C=O) groups is 1. The number of nitrogens with zero attached hydrogens (tertiary/aromatic N) is 2. The van der Waals surface area contributed by atoms with Gasteiger partial charge in [0, 0.05) is 23.7 Å². The zero-order chi connectivity index (χ0) is 19.0. The summed E-state index contributed by atoms with van der Waals surface area (Å²) in [6, 6.07) is 3.56. The van der Waals surface area contributed by atoms with Crippen LogP contribution in [0.15, 0.2) is 34.7 Å². The standard InChI is InChI=1S/C19H19N3O4S/c1-3-22-10-15(13-9-20-17(25-2)8-12(13)18(22)23)26-19(24)21-14-4-5-16-11(14)6-7-27-16/h6-10,14H,3-5H2,1-2H3,(H,21,24). The normalized spacial score (nSPS) is 15.6. The first-order chi connectivity index (χ1) is 13.1. The van der Waals surface area contributed by atoms with Crippen LogP contribution in [0.1, 0.15) is 29.8 Å². The first-order valence-corrected chi connectivity index (χ1v) is 9.60. The van der Waals surface area contributed by atoms with E-state index >= 15 is 0 Å². The number of hydrogen-bond donors (Lipinski definition) is 1. The van der Waals surface area contributed by atoms with Gasteiger partial charge < -0.3 is 19.4 Å². The molecule has 1 aliphatic carbocycles. The lowest BCUT2D eigenvalue weighted by atomic mass is 10.2. The minimum Gasteiger partial charge on any atom is -0.481 e. The summed E-state index contributed by atoms with van der Waals surface area (Å²) in [6.45, 7) is 2.31. The average molecular weight is 385 g/mol. The Morgan fingerprint density at radius 3 is 3.07 bits per heavy atom. The van der Waals surface area contributed by atoms with E-state index < -0.39 is 6.09 Å². The molecule has 0 fully saturated rings. The summed E-state index contributed by atoms with van der Waals surface area (Å²) in [5.74, 6) is 0.627. The van der Waals surface area contributed by atoms with Gasteiger partial charge in [0.2, 0.25) is 5.88 Å². The zero-order valence-electron chi connectivity index (χ0n) is 15.0. The second-order valence-electron chi connectivity index (χ2n) is 6.28. The van der Waals surface area contributed by atoms with Crippen LogP contribution in [0.3, 0.4) is 0 Å². The molecule has 27 heavy (non-hydrogen) atoms. The third kappa shape index (κ3) is 3.16. The minimum atomic E-state index is -0.544. The molecule has 1 N–H and O–H groups in total. The van der Waals surface area contributed by atoms with E-state index in [-0.39, 0.29) is 11.6 Å². The number of rotatable bonds is 4. The van der Waals surface area contributed by atoms with E-state index in [2.05, 4.69) is 10.3 Å². The van der Waals surface area contributed by atoms with Crippen molar-refractivity contribution in [2.45, 2.75) is 32.4 Å². The molecule has 0 bridgehead atoms. The largest absolute Gasteiger partial charge is 0.481 e. The molecule has 1 atom stereocenters. The summed E-state index contributed by atoms with van der Waals surface area (Å²) in [4.78, 5) is 30.5. The first kappa shape index (κ1) is 17.5. The first-order valence-electron chi connectivity index (χ1n) is 8.72. The number of hydrogen-bond acceptors (Lipinski definition) is 6. The van der Waals surface area contributed by atoms with Crippen molar-refractivity contribution in [1.29, 1.82) is 0 Å². The molecule has 0 aliphatic heterocycles. The van der Waals surface area contributed by atoms with Gasteiger partial charge in [-0.3, -0.25) is 4.79 Å². The van der Waals surface area contributed by atoms with Gasteiger partial charge in [-0.05, 0) is 36.8 Å². The number of fused-ring (bicyclic) bond motifs is 2. The topological polar surface area (TPSA) is 82.4 Å². The van der Waals surface area contributed by atoms with Crippen molar-refractivity contribution in [3.8, 4) is 11.6 Å². The van der Waals surface area contributed by atoms with Crippen molar-refractivity contribution in [2.24, 2.45) is 0 Å². The number of methoxy groups -OCH3 is 1. The number of thiophene rings is 1. The van der Waals surface area contributed by atoms with E-state index in [9.17, 15) is 9.59 Å². The quantitative estimate of drug-likeness (QED) is 0.745. The highest BCUT2D eigenvalue weighted by molar-refractivity contribution is 7.10. The predicted molar refractivity (Wildman–Crippen MR) is 103 cm³/mol. The summed E-state index contributed by atoms with van der Waals surface area (Å²) in [7, 11) is 1.49. The number of nitrogens with one attached hydrogen (secondary N) is 1. The van der Waals surface area contributed by atoms with Crippen LogP contribution in [0.2, 0.25) is 0 Å². The lowest BCUT2D eigenvalue weighted by Gasteiger charge is -2.15. The molecule has 0 aromatic carbocycles. The van der Waals surface area contributed by atoms with Crippen molar-refractivity contribution in [1.82, 2.24) is 14.9 Å². The molecule has 4 rings (SSSR count). The summed E-state index contributed by atoms with van der Waals surface area (Å²) in [5, 5.41) is 5.83. The molecule has 0 saturated heterocycles. The molecule has 1 unspecified atom stereocenters. The van der Waals surface area contributed by atoms with Gasteiger partial charge in [0.1, 0.15) is 0 Å². The highest BCUT2D eigenvalue weighted by Gasteiger charge is 2.26. The smallest absolute Gasteiger partial charge is 0.413 e. The lowest BCUT2D eigenvalue weighted by Crippen LogP contribution is -2.30. The molecule has 3 aromatic heterocycles. The Kier molecular flexibility index (Phi) is 4.57. The fraction of sp³-hybridized carbons (Fsp3) is 0.316. The Hall–Kier alpha value is -2.87. The van der Waals surface area contributed by atoms with Gasteiger partial charge in [-0.2, -0.15) is 0 Å². The van der Waals surface area contributed by atoms with Crippen LogP contribution in [0.4, 0.5) is 4.79 Å². The Morgan fingerprint density at radius 2 is 2.30 bits per heavy atom. The molecule has 8 heteroatoms. The molecular weight excluding hydrogens is 366 g/mol. The van der Waals surface area contributed by atoms with Crippen LogP contribution in [-0.4, -0.2) is 22.8 Å².